The third-order valence-corrected chi connectivity index (χ3v) is 4.97. The van der Waals surface area contributed by atoms with Crippen LogP contribution in [-0.4, -0.2) is 35.7 Å². The van der Waals surface area contributed by atoms with Gasteiger partial charge in [0.05, 0.1) is 11.6 Å². The van der Waals surface area contributed by atoms with Crippen molar-refractivity contribution >= 4 is 29.1 Å². The highest BCUT2D eigenvalue weighted by molar-refractivity contribution is 7.98. The van der Waals surface area contributed by atoms with Crippen molar-refractivity contribution in [3.63, 3.8) is 0 Å². The zero-order chi connectivity index (χ0) is 16.7. The van der Waals surface area contributed by atoms with Crippen LogP contribution in [0.15, 0.2) is 40.4 Å². The molecule has 0 fully saturated rings. The van der Waals surface area contributed by atoms with Crippen molar-refractivity contribution in [1.29, 1.82) is 0 Å². The zero-order valence-electron chi connectivity index (χ0n) is 14.2. The first-order valence-corrected chi connectivity index (χ1v) is 9.70. The normalized spacial score (nSPS) is 11.6. The lowest BCUT2D eigenvalue weighted by molar-refractivity contribution is 0.477. The molecule has 0 amide bonds. The highest BCUT2D eigenvalue weighted by Crippen LogP contribution is 2.16. The number of nitrogens with zero attached hydrogens (tertiary/aromatic N) is 3. The van der Waals surface area contributed by atoms with E-state index in [0.29, 0.717) is 6.54 Å². The molecule has 4 nitrogen and oxygen atoms in total. The summed E-state index contributed by atoms with van der Waals surface area (Å²) in [5, 5.41) is 4.44. The number of aromatic nitrogens is 1. The van der Waals surface area contributed by atoms with Crippen molar-refractivity contribution in [2.75, 3.05) is 19.8 Å². The van der Waals surface area contributed by atoms with E-state index in [4.69, 9.17) is 4.99 Å². The van der Waals surface area contributed by atoms with Crippen LogP contribution in [-0.2, 0) is 13.1 Å². The molecule has 1 aromatic carbocycles. The van der Waals surface area contributed by atoms with E-state index in [1.165, 1.54) is 15.3 Å². The average Bonchev–Trinajstić information content (AvgIpc) is 2.97. The van der Waals surface area contributed by atoms with Crippen LogP contribution in [0.25, 0.3) is 0 Å². The van der Waals surface area contributed by atoms with Gasteiger partial charge >= 0.3 is 0 Å². The van der Waals surface area contributed by atoms with Crippen LogP contribution in [0, 0.1) is 6.92 Å². The van der Waals surface area contributed by atoms with Crippen LogP contribution < -0.4 is 5.32 Å². The summed E-state index contributed by atoms with van der Waals surface area (Å²) < 4.78 is 0. The summed E-state index contributed by atoms with van der Waals surface area (Å²) in [6, 6.07) is 8.69. The molecule has 0 saturated heterocycles. The van der Waals surface area contributed by atoms with Gasteiger partial charge in [-0.2, -0.15) is 0 Å². The Morgan fingerprint density at radius 1 is 1.35 bits per heavy atom. The number of hydrogen-bond donors (Lipinski definition) is 1. The third kappa shape index (κ3) is 5.55. The molecule has 0 atom stereocenters. The molecule has 0 saturated carbocycles. The second-order valence-corrected chi connectivity index (χ2v) is 7.42. The Bertz CT molecular complexity index is 634. The number of guanidine groups is 1. The van der Waals surface area contributed by atoms with E-state index in [0.717, 1.165) is 24.1 Å². The van der Waals surface area contributed by atoms with Crippen molar-refractivity contribution in [2.24, 2.45) is 4.99 Å². The van der Waals surface area contributed by atoms with Gasteiger partial charge in [0.25, 0.3) is 0 Å². The lowest BCUT2D eigenvalue weighted by Crippen LogP contribution is -2.38. The largest absolute Gasteiger partial charge is 0.357 e. The Balaban J connectivity index is 2.02. The predicted molar refractivity (Wildman–Crippen MR) is 101 cm³/mol. The first kappa shape index (κ1) is 17.8. The van der Waals surface area contributed by atoms with Gasteiger partial charge in [-0.3, -0.25) is 0 Å². The summed E-state index contributed by atoms with van der Waals surface area (Å²) in [6.07, 6.45) is 4.01. The lowest BCUT2D eigenvalue weighted by Gasteiger charge is -2.22. The summed E-state index contributed by atoms with van der Waals surface area (Å²) in [5.41, 5.74) is 1.28. The fraction of sp³-hybridized carbons (Fsp3) is 0.412. The molecule has 0 unspecified atom stereocenters. The van der Waals surface area contributed by atoms with Crippen LogP contribution in [0.2, 0.25) is 0 Å². The van der Waals surface area contributed by atoms with Gasteiger partial charge in [0.1, 0.15) is 0 Å². The molecule has 2 aromatic rings. The van der Waals surface area contributed by atoms with Crippen LogP contribution in [0.1, 0.15) is 22.4 Å². The number of aryl methyl sites for hydroxylation is 1. The van der Waals surface area contributed by atoms with E-state index in [-0.39, 0.29) is 0 Å². The second kappa shape index (κ2) is 8.93. The monoisotopic (exact) mass is 348 g/mol. The molecule has 0 radical (unpaired) electrons. The fourth-order valence-corrected chi connectivity index (χ4v) is 3.31. The first-order chi connectivity index (χ1) is 11.1. The van der Waals surface area contributed by atoms with Crippen molar-refractivity contribution < 1.29 is 0 Å². The summed E-state index contributed by atoms with van der Waals surface area (Å²) in [7, 11) is 2.07. The molecule has 0 aliphatic heterocycles. The molecule has 2 rings (SSSR count). The highest BCUT2D eigenvalue weighted by Gasteiger charge is 2.07. The Morgan fingerprint density at radius 2 is 2.09 bits per heavy atom. The third-order valence-electron chi connectivity index (χ3n) is 3.33. The van der Waals surface area contributed by atoms with E-state index in [2.05, 4.69) is 59.7 Å². The van der Waals surface area contributed by atoms with Gasteiger partial charge < -0.3 is 10.2 Å². The minimum absolute atomic E-state index is 0.670. The maximum absolute atomic E-state index is 4.72. The SMILES string of the molecule is CCNC(=NCc1cnc(C)s1)N(C)Cc1ccc(SC)cc1. The number of nitrogens with one attached hydrogen (secondary N) is 1. The number of rotatable bonds is 6. The molecule has 1 aromatic heterocycles. The molecule has 1 heterocycles. The van der Waals surface area contributed by atoms with Gasteiger partial charge in [0.15, 0.2) is 5.96 Å². The molecule has 0 aliphatic carbocycles. The van der Waals surface area contributed by atoms with E-state index < -0.39 is 0 Å². The maximum Gasteiger partial charge on any atom is 0.194 e. The van der Waals surface area contributed by atoms with Crippen LogP contribution in [0.3, 0.4) is 0 Å². The van der Waals surface area contributed by atoms with Crippen LogP contribution in [0.5, 0.6) is 0 Å². The van der Waals surface area contributed by atoms with Crippen molar-refractivity contribution in [1.82, 2.24) is 15.2 Å². The Hall–Kier alpha value is -1.53. The predicted octanol–water partition coefficient (Wildman–Crippen LogP) is 3.77. The highest BCUT2D eigenvalue weighted by atomic mass is 32.2. The fourth-order valence-electron chi connectivity index (χ4n) is 2.18. The molecule has 23 heavy (non-hydrogen) atoms. The molecule has 0 spiro atoms. The number of thiazole rings is 1. The quantitative estimate of drug-likeness (QED) is 0.490. The topological polar surface area (TPSA) is 40.5 Å². The molecule has 1 N–H and O–H groups in total. The molecule has 124 valence electrons. The molecule has 0 bridgehead atoms. The van der Waals surface area contributed by atoms with Gasteiger partial charge in [-0.15, -0.1) is 23.1 Å². The average molecular weight is 349 g/mol. The van der Waals surface area contributed by atoms with E-state index >= 15 is 0 Å². The zero-order valence-corrected chi connectivity index (χ0v) is 15.8. The molecule has 6 heteroatoms. The summed E-state index contributed by atoms with van der Waals surface area (Å²) >= 11 is 3.46. The van der Waals surface area contributed by atoms with E-state index in [1.54, 1.807) is 23.1 Å². The summed E-state index contributed by atoms with van der Waals surface area (Å²) in [6.45, 7) is 6.48. The number of aliphatic imine (C=N–C) groups is 1. The first-order valence-electron chi connectivity index (χ1n) is 7.66. The van der Waals surface area contributed by atoms with E-state index in [9.17, 15) is 0 Å². The van der Waals surface area contributed by atoms with Crippen molar-refractivity contribution in [2.45, 2.75) is 31.8 Å². The van der Waals surface area contributed by atoms with E-state index in [1.807, 2.05) is 13.1 Å². The minimum Gasteiger partial charge on any atom is -0.357 e. The summed E-state index contributed by atoms with van der Waals surface area (Å²) in [5.74, 6) is 0.924. The van der Waals surface area contributed by atoms with Gasteiger partial charge in [-0.05, 0) is 37.8 Å². The van der Waals surface area contributed by atoms with Gasteiger partial charge in [-0.25, -0.2) is 9.98 Å². The number of thioether (sulfide) groups is 1. The molecule has 0 aliphatic rings. The smallest absolute Gasteiger partial charge is 0.194 e. The Labute approximate surface area is 147 Å². The second-order valence-electron chi connectivity index (χ2n) is 5.22. The van der Waals surface area contributed by atoms with Crippen LogP contribution in [0.4, 0.5) is 0 Å². The van der Waals surface area contributed by atoms with Gasteiger partial charge in [0, 0.05) is 36.1 Å². The maximum atomic E-state index is 4.72. The van der Waals surface area contributed by atoms with Crippen molar-refractivity contribution in [3.05, 3.63) is 45.9 Å². The molecular formula is C17H24N4S2. The van der Waals surface area contributed by atoms with Gasteiger partial charge in [-0.1, -0.05) is 12.1 Å². The van der Waals surface area contributed by atoms with Crippen molar-refractivity contribution in [3.8, 4) is 0 Å². The lowest BCUT2D eigenvalue weighted by atomic mass is 10.2. The number of hydrogen-bond acceptors (Lipinski definition) is 4. The van der Waals surface area contributed by atoms with Crippen LogP contribution >= 0.6 is 23.1 Å². The standard InChI is InChI=1S/C17H24N4S2/c1-5-18-17(20-11-16-10-19-13(2)23-16)21(3)12-14-6-8-15(22-4)9-7-14/h6-10H,5,11-12H2,1-4H3,(H,18,20). The summed E-state index contributed by atoms with van der Waals surface area (Å²) in [4.78, 5) is 13.6. The minimum atomic E-state index is 0.670. The molecular weight excluding hydrogens is 324 g/mol. The number of benzene rings is 1. The van der Waals surface area contributed by atoms with Gasteiger partial charge in [0.2, 0.25) is 0 Å². The Morgan fingerprint density at radius 3 is 2.65 bits per heavy atom. The Kier molecular flexibility index (Phi) is 6.92.